The van der Waals surface area contributed by atoms with Crippen molar-refractivity contribution in [1.82, 2.24) is 10.1 Å². The molecule has 0 spiro atoms. The molecule has 3 heteroatoms. The van der Waals surface area contributed by atoms with Gasteiger partial charge in [0.2, 0.25) is 0 Å². The lowest BCUT2D eigenvalue weighted by Gasteiger charge is -2.25. The second-order valence-corrected chi connectivity index (χ2v) is 6.52. The molecule has 0 aliphatic carbocycles. The highest BCUT2D eigenvalue weighted by molar-refractivity contribution is 5.32. The first-order valence-corrected chi connectivity index (χ1v) is 8.35. The molecule has 3 rings (SSSR count). The van der Waals surface area contributed by atoms with E-state index >= 15 is 0 Å². The highest BCUT2D eigenvalue weighted by Gasteiger charge is 2.31. The van der Waals surface area contributed by atoms with Gasteiger partial charge in [-0.25, -0.2) is 0 Å². The summed E-state index contributed by atoms with van der Waals surface area (Å²) in [6.45, 7) is 10.8. The largest absolute Gasteiger partial charge is 0.361 e. The van der Waals surface area contributed by atoms with Crippen molar-refractivity contribution in [3.05, 3.63) is 51.9 Å². The zero-order valence-corrected chi connectivity index (χ0v) is 14.1. The summed E-state index contributed by atoms with van der Waals surface area (Å²) < 4.78 is 5.52. The van der Waals surface area contributed by atoms with E-state index in [9.17, 15) is 0 Å². The van der Waals surface area contributed by atoms with Crippen molar-refractivity contribution >= 4 is 0 Å². The maximum atomic E-state index is 5.52. The van der Waals surface area contributed by atoms with Crippen LogP contribution in [0, 0.1) is 20.8 Å². The summed E-state index contributed by atoms with van der Waals surface area (Å²) in [5, 5.41) is 4.20. The van der Waals surface area contributed by atoms with Crippen LogP contribution in [-0.2, 0) is 13.0 Å². The number of likely N-dealkylation sites (tertiary alicyclic amines) is 1. The van der Waals surface area contributed by atoms with Gasteiger partial charge in [0.1, 0.15) is 5.76 Å². The second-order valence-electron chi connectivity index (χ2n) is 6.52. The van der Waals surface area contributed by atoms with Crippen LogP contribution >= 0.6 is 0 Å². The van der Waals surface area contributed by atoms with Crippen molar-refractivity contribution < 1.29 is 4.52 Å². The highest BCUT2D eigenvalue weighted by Crippen LogP contribution is 2.37. The molecule has 0 saturated carbocycles. The van der Waals surface area contributed by atoms with Crippen LogP contribution in [0.1, 0.15) is 59.5 Å². The van der Waals surface area contributed by atoms with Crippen molar-refractivity contribution in [2.45, 2.75) is 59.5 Å². The number of rotatable bonds is 4. The molecule has 0 amide bonds. The van der Waals surface area contributed by atoms with Gasteiger partial charge in [-0.15, -0.1) is 0 Å². The fourth-order valence-corrected chi connectivity index (χ4v) is 3.69. The Hall–Kier alpha value is -1.61. The van der Waals surface area contributed by atoms with Gasteiger partial charge < -0.3 is 4.52 Å². The summed E-state index contributed by atoms with van der Waals surface area (Å²) in [6, 6.07) is 7.24. The van der Waals surface area contributed by atoms with E-state index in [2.05, 4.69) is 56.0 Å². The van der Waals surface area contributed by atoms with Gasteiger partial charge in [0.25, 0.3) is 0 Å². The Kier molecular flexibility index (Phi) is 4.34. The lowest BCUT2D eigenvalue weighted by Crippen LogP contribution is -2.24. The van der Waals surface area contributed by atoms with Crippen molar-refractivity contribution in [2.75, 3.05) is 6.54 Å². The minimum Gasteiger partial charge on any atom is -0.361 e. The van der Waals surface area contributed by atoms with E-state index in [1.165, 1.54) is 35.1 Å². The third kappa shape index (κ3) is 2.82. The molecule has 1 aromatic heterocycles. The Morgan fingerprint density at radius 2 is 2.09 bits per heavy atom. The minimum absolute atomic E-state index is 0.460. The fraction of sp³-hybridized carbons (Fsp3) is 0.526. The van der Waals surface area contributed by atoms with Gasteiger partial charge in [-0.1, -0.05) is 35.8 Å². The summed E-state index contributed by atoms with van der Waals surface area (Å²) in [5.74, 6) is 1.06. The van der Waals surface area contributed by atoms with Gasteiger partial charge in [-0.2, -0.15) is 0 Å². The van der Waals surface area contributed by atoms with Crippen molar-refractivity contribution in [2.24, 2.45) is 0 Å². The van der Waals surface area contributed by atoms with E-state index in [4.69, 9.17) is 4.52 Å². The first kappa shape index (κ1) is 15.3. The van der Waals surface area contributed by atoms with E-state index in [0.29, 0.717) is 6.04 Å². The molecule has 22 heavy (non-hydrogen) atoms. The van der Waals surface area contributed by atoms with Crippen molar-refractivity contribution in [1.29, 1.82) is 0 Å². The van der Waals surface area contributed by atoms with Gasteiger partial charge in [0.05, 0.1) is 5.69 Å². The average molecular weight is 298 g/mol. The van der Waals surface area contributed by atoms with Gasteiger partial charge in [-0.05, 0) is 51.3 Å². The molecule has 1 aliphatic heterocycles. The van der Waals surface area contributed by atoms with Crippen LogP contribution in [0.2, 0.25) is 0 Å². The summed E-state index contributed by atoms with van der Waals surface area (Å²) in [7, 11) is 0. The molecule has 0 N–H and O–H groups in total. The number of hydrogen-bond donors (Lipinski definition) is 0. The first-order valence-electron chi connectivity index (χ1n) is 8.35. The quantitative estimate of drug-likeness (QED) is 0.832. The normalized spacial score (nSPS) is 19.0. The first-order chi connectivity index (χ1) is 10.6. The number of hydrogen-bond acceptors (Lipinski definition) is 3. The van der Waals surface area contributed by atoms with Crippen LogP contribution in [0.15, 0.2) is 22.7 Å². The second kappa shape index (κ2) is 6.25. The molecule has 1 fully saturated rings. The van der Waals surface area contributed by atoms with Crippen LogP contribution in [0.4, 0.5) is 0 Å². The van der Waals surface area contributed by atoms with Crippen molar-refractivity contribution in [3.8, 4) is 0 Å². The molecule has 1 atom stereocenters. The molecule has 1 saturated heterocycles. The molecule has 2 aromatic rings. The van der Waals surface area contributed by atoms with E-state index in [0.717, 1.165) is 31.0 Å². The van der Waals surface area contributed by atoms with E-state index in [-0.39, 0.29) is 0 Å². The monoisotopic (exact) mass is 298 g/mol. The third-order valence-electron chi connectivity index (χ3n) is 4.87. The molecule has 2 heterocycles. The van der Waals surface area contributed by atoms with E-state index < -0.39 is 0 Å². The van der Waals surface area contributed by atoms with Gasteiger partial charge in [0, 0.05) is 24.6 Å². The Balaban J connectivity index is 1.85. The van der Waals surface area contributed by atoms with Gasteiger partial charge in [-0.3, -0.25) is 4.90 Å². The lowest BCUT2D eigenvalue weighted by molar-refractivity contribution is 0.244. The standard InChI is InChI=1S/C19H26N2O/c1-5-18-19(15(4)20-22-18)17-7-6-10-21(17)12-16-9-8-13(2)11-14(16)3/h8-9,11,17H,5-7,10,12H2,1-4H3/t17-/m0/s1. The Bertz CT molecular complexity index is 659. The molecular formula is C19H26N2O. The molecule has 118 valence electrons. The van der Waals surface area contributed by atoms with Gasteiger partial charge >= 0.3 is 0 Å². The van der Waals surface area contributed by atoms with E-state index in [1.54, 1.807) is 0 Å². The number of nitrogens with zero attached hydrogens (tertiary/aromatic N) is 2. The Morgan fingerprint density at radius 3 is 2.82 bits per heavy atom. The van der Waals surface area contributed by atoms with Crippen LogP contribution in [0.5, 0.6) is 0 Å². The summed E-state index contributed by atoms with van der Waals surface area (Å²) in [5.41, 5.74) is 6.56. The van der Waals surface area contributed by atoms with Crippen LogP contribution < -0.4 is 0 Å². The Morgan fingerprint density at radius 1 is 1.27 bits per heavy atom. The molecule has 0 bridgehead atoms. The molecule has 0 unspecified atom stereocenters. The zero-order valence-electron chi connectivity index (χ0n) is 14.1. The molecule has 0 radical (unpaired) electrons. The molecule has 1 aromatic carbocycles. The number of benzene rings is 1. The van der Waals surface area contributed by atoms with Crippen LogP contribution in [-0.4, -0.2) is 16.6 Å². The van der Waals surface area contributed by atoms with Crippen LogP contribution in [0.25, 0.3) is 0 Å². The lowest BCUT2D eigenvalue weighted by atomic mass is 10.00. The van der Waals surface area contributed by atoms with E-state index in [1.807, 2.05) is 0 Å². The smallest absolute Gasteiger partial charge is 0.141 e. The maximum Gasteiger partial charge on any atom is 0.141 e. The summed E-state index contributed by atoms with van der Waals surface area (Å²) in [4.78, 5) is 2.59. The van der Waals surface area contributed by atoms with Crippen LogP contribution in [0.3, 0.4) is 0 Å². The third-order valence-corrected chi connectivity index (χ3v) is 4.87. The maximum absolute atomic E-state index is 5.52. The van der Waals surface area contributed by atoms with Crippen molar-refractivity contribution in [3.63, 3.8) is 0 Å². The molecular weight excluding hydrogens is 272 g/mol. The topological polar surface area (TPSA) is 29.3 Å². The number of aryl methyl sites for hydroxylation is 4. The summed E-state index contributed by atoms with van der Waals surface area (Å²) >= 11 is 0. The minimum atomic E-state index is 0.460. The zero-order chi connectivity index (χ0) is 15.7. The average Bonchev–Trinajstić information content (AvgIpc) is 3.07. The predicted octanol–water partition coefficient (Wildman–Crippen LogP) is 4.50. The highest BCUT2D eigenvalue weighted by atomic mass is 16.5. The fourth-order valence-electron chi connectivity index (χ4n) is 3.69. The summed E-state index contributed by atoms with van der Waals surface area (Å²) in [6.07, 6.45) is 3.38. The molecule has 3 nitrogen and oxygen atoms in total. The SMILES string of the molecule is CCc1onc(C)c1[C@@H]1CCCN1Cc1ccc(C)cc1C. The predicted molar refractivity (Wildman–Crippen MR) is 88.9 cm³/mol. The molecule has 1 aliphatic rings. The van der Waals surface area contributed by atoms with Gasteiger partial charge in [0.15, 0.2) is 0 Å². The number of aromatic nitrogens is 1. The Labute approximate surface area is 133 Å².